The van der Waals surface area contributed by atoms with Gasteiger partial charge in [-0.3, -0.25) is 9.59 Å². The van der Waals surface area contributed by atoms with E-state index in [2.05, 4.69) is 20.8 Å². The Morgan fingerprint density at radius 2 is 1.81 bits per heavy atom. The highest BCUT2D eigenvalue weighted by Crippen LogP contribution is 2.24. The largest absolute Gasteiger partial charge is 0.495 e. The molecule has 1 heterocycles. The number of benzene rings is 2. The van der Waals surface area contributed by atoms with Crippen LogP contribution in [0.4, 0.5) is 11.4 Å². The fourth-order valence-electron chi connectivity index (χ4n) is 2.82. The highest BCUT2D eigenvalue weighted by molar-refractivity contribution is 7.99. The minimum atomic E-state index is -0.213. The number of rotatable bonds is 9. The van der Waals surface area contributed by atoms with Crippen LogP contribution in [0.3, 0.4) is 0 Å². The summed E-state index contributed by atoms with van der Waals surface area (Å²) in [6.45, 7) is 2.51. The van der Waals surface area contributed by atoms with Gasteiger partial charge in [0.05, 0.1) is 25.0 Å². The van der Waals surface area contributed by atoms with Crippen LogP contribution in [-0.4, -0.2) is 39.4 Å². The molecular weight excluding hydrogens is 438 g/mol. The van der Waals surface area contributed by atoms with Gasteiger partial charge in [-0.1, -0.05) is 35.5 Å². The van der Waals surface area contributed by atoms with E-state index in [1.807, 2.05) is 23.6 Å². The fourth-order valence-corrected chi connectivity index (χ4v) is 3.77. The number of nitrogens with one attached hydrogen (secondary N) is 2. The minimum absolute atomic E-state index is 0.0669. The molecule has 3 rings (SSSR count). The van der Waals surface area contributed by atoms with Gasteiger partial charge in [0.1, 0.15) is 11.6 Å². The molecule has 0 spiro atoms. The van der Waals surface area contributed by atoms with Crippen LogP contribution >= 0.6 is 23.4 Å². The average Bonchev–Trinajstić information content (AvgIpc) is 3.15. The van der Waals surface area contributed by atoms with Gasteiger partial charge in [0.2, 0.25) is 11.8 Å². The third-order valence-corrected chi connectivity index (χ3v) is 5.49. The molecule has 31 heavy (non-hydrogen) atoms. The van der Waals surface area contributed by atoms with Crippen molar-refractivity contribution in [3.63, 3.8) is 0 Å². The molecule has 2 amide bonds. The van der Waals surface area contributed by atoms with Crippen molar-refractivity contribution < 1.29 is 14.3 Å². The lowest BCUT2D eigenvalue weighted by Gasteiger charge is -2.10. The molecule has 0 unspecified atom stereocenters. The third-order valence-electron chi connectivity index (χ3n) is 4.27. The average molecular weight is 460 g/mol. The lowest BCUT2D eigenvalue weighted by atomic mass is 10.3. The van der Waals surface area contributed by atoms with E-state index >= 15 is 0 Å². The summed E-state index contributed by atoms with van der Waals surface area (Å²) in [7, 11) is 1.55. The van der Waals surface area contributed by atoms with Crippen molar-refractivity contribution in [2.24, 2.45) is 0 Å². The Labute approximate surface area is 189 Å². The van der Waals surface area contributed by atoms with Gasteiger partial charge in [-0.15, -0.1) is 10.2 Å². The number of anilines is 2. The topological polar surface area (TPSA) is 98.1 Å². The van der Waals surface area contributed by atoms with E-state index in [-0.39, 0.29) is 24.0 Å². The molecule has 0 saturated heterocycles. The normalized spacial score (nSPS) is 10.5. The van der Waals surface area contributed by atoms with Crippen LogP contribution < -0.4 is 15.4 Å². The van der Waals surface area contributed by atoms with Gasteiger partial charge in [0.25, 0.3) is 0 Å². The number of hydrogen-bond acceptors (Lipinski definition) is 6. The zero-order chi connectivity index (χ0) is 22.2. The van der Waals surface area contributed by atoms with Crippen molar-refractivity contribution in [2.75, 3.05) is 23.5 Å². The Bertz CT molecular complexity index is 1060. The number of methoxy groups -OCH3 is 1. The van der Waals surface area contributed by atoms with Gasteiger partial charge >= 0.3 is 0 Å². The number of hydrogen-bond donors (Lipinski definition) is 2. The predicted octanol–water partition coefficient (Wildman–Crippen LogP) is 3.87. The molecule has 0 bridgehead atoms. The molecule has 2 N–H and O–H groups in total. The molecule has 0 aliphatic carbocycles. The third kappa shape index (κ3) is 6.22. The van der Waals surface area contributed by atoms with Crippen LogP contribution in [0.5, 0.6) is 5.75 Å². The van der Waals surface area contributed by atoms with Crippen LogP contribution in [0.25, 0.3) is 0 Å². The SMILES string of the molecule is CCn1c(CC(=O)Nc2ccc(Cl)cc2)nnc1SCC(=O)Nc1ccccc1OC. The number of halogens is 1. The molecule has 0 saturated carbocycles. The molecule has 8 nitrogen and oxygen atoms in total. The minimum Gasteiger partial charge on any atom is -0.495 e. The quantitative estimate of drug-likeness (QED) is 0.471. The van der Waals surface area contributed by atoms with Crippen LogP contribution in [0.1, 0.15) is 12.7 Å². The highest BCUT2D eigenvalue weighted by Gasteiger charge is 2.16. The van der Waals surface area contributed by atoms with Crippen LogP contribution in [0.15, 0.2) is 53.7 Å². The number of carbonyl (C=O) groups is 2. The lowest BCUT2D eigenvalue weighted by Crippen LogP contribution is -2.18. The van der Waals surface area contributed by atoms with Crippen LogP contribution in [0, 0.1) is 0 Å². The highest BCUT2D eigenvalue weighted by atomic mass is 35.5. The maximum Gasteiger partial charge on any atom is 0.234 e. The second kappa shape index (κ2) is 10.8. The summed E-state index contributed by atoms with van der Waals surface area (Å²) in [5.41, 5.74) is 1.26. The Morgan fingerprint density at radius 3 is 2.52 bits per heavy atom. The molecule has 0 aliphatic heterocycles. The molecule has 0 fully saturated rings. The van der Waals surface area contributed by atoms with Gasteiger partial charge in [0, 0.05) is 17.3 Å². The summed E-state index contributed by atoms with van der Waals surface area (Å²) in [6.07, 6.45) is 0.0669. The second-order valence-electron chi connectivity index (χ2n) is 6.41. The van der Waals surface area contributed by atoms with Crippen molar-refractivity contribution in [3.05, 3.63) is 59.4 Å². The monoisotopic (exact) mass is 459 g/mol. The van der Waals surface area contributed by atoms with E-state index in [0.29, 0.717) is 39.7 Å². The summed E-state index contributed by atoms with van der Waals surface area (Å²) in [5, 5.41) is 15.1. The Morgan fingerprint density at radius 1 is 1.06 bits per heavy atom. The van der Waals surface area contributed by atoms with Gasteiger partial charge in [-0.05, 0) is 43.3 Å². The first kappa shape index (κ1) is 22.6. The maximum absolute atomic E-state index is 12.4. The Balaban J connectivity index is 1.58. The molecule has 0 radical (unpaired) electrons. The van der Waals surface area contributed by atoms with Crippen molar-refractivity contribution in [2.45, 2.75) is 25.0 Å². The van der Waals surface area contributed by atoms with Crippen molar-refractivity contribution in [1.82, 2.24) is 14.8 Å². The van der Waals surface area contributed by atoms with E-state index < -0.39 is 0 Å². The number of amides is 2. The van der Waals surface area contributed by atoms with Gasteiger partial charge < -0.3 is 19.9 Å². The molecule has 2 aromatic carbocycles. The molecule has 0 aliphatic rings. The molecule has 3 aromatic rings. The molecule has 162 valence electrons. The van der Waals surface area contributed by atoms with E-state index in [4.69, 9.17) is 16.3 Å². The summed E-state index contributed by atoms with van der Waals surface area (Å²) >= 11 is 7.12. The molecular formula is C21H22ClN5O3S. The second-order valence-corrected chi connectivity index (χ2v) is 7.79. The molecule has 0 atom stereocenters. The smallest absolute Gasteiger partial charge is 0.234 e. The summed E-state index contributed by atoms with van der Waals surface area (Å²) < 4.78 is 7.06. The number of nitrogens with zero attached hydrogens (tertiary/aromatic N) is 3. The number of ether oxygens (including phenoxy) is 1. The first-order chi connectivity index (χ1) is 15.0. The van der Waals surface area contributed by atoms with E-state index in [1.54, 1.807) is 43.5 Å². The Kier molecular flexibility index (Phi) is 7.91. The van der Waals surface area contributed by atoms with Gasteiger partial charge in [-0.2, -0.15) is 0 Å². The zero-order valence-corrected chi connectivity index (χ0v) is 18.7. The fraction of sp³-hybridized carbons (Fsp3) is 0.238. The standard InChI is InChI=1S/C21H22ClN5O3S/c1-3-27-18(12-19(28)23-15-10-8-14(22)9-11-15)25-26-21(27)31-13-20(29)24-16-6-4-5-7-17(16)30-2/h4-11H,3,12-13H2,1-2H3,(H,23,28)(H,24,29). The molecule has 10 heteroatoms. The predicted molar refractivity (Wildman–Crippen MR) is 122 cm³/mol. The van der Waals surface area contributed by atoms with Crippen molar-refractivity contribution >= 4 is 46.6 Å². The number of carbonyl (C=O) groups excluding carboxylic acids is 2. The van der Waals surface area contributed by atoms with Crippen molar-refractivity contribution in [1.29, 1.82) is 0 Å². The van der Waals surface area contributed by atoms with Gasteiger partial charge in [-0.25, -0.2) is 0 Å². The van der Waals surface area contributed by atoms with Crippen LogP contribution in [0.2, 0.25) is 5.02 Å². The number of aromatic nitrogens is 3. The summed E-state index contributed by atoms with van der Waals surface area (Å²) in [6, 6.07) is 14.1. The number of thioether (sulfide) groups is 1. The number of para-hydroxylation sites is 2. The zero-order valence-electron chi connectivity index (χ0n) is 17.1. The van der Waals surface area contributed by atoms with E-state index in [0.717, 1.165) is 0 Å². The summed E-state index contributed by atoms with van der Waals surface area (Å²) in [4.78, 5) is 24.7. The van der Waals surface area contributed by atoms with Crippen LogP contribution in [-0.2, 0) is 22.6 Å². The molecule has 1 aromatic heterocycles. The lowest BCUT2D eigenvalue weighted by molar-refractivity contribution is -0.116. The van der Waals surface area contributed by atoms with E-state index in [9.17, 15) is 9.59 Å². The first-order valence-corrected chi connectivity index (χ1v) is 10.9. The maximum atomic E-state index is 12.4. The van der Waals surface area contributed by atoms with Gasteiger partial charge in [0.15, 0.2) is 5.16 Å². The van der Waals surface area contributed by atoms with Crippen molar-refractivity contribution in [3.8, 4) is 5.75 Å². The summed E-state index contributed by atoms with van der Waals surface area (Å²) in [5.74, 6) is 0.859. The van der Waals surface area contributed by atoms with E-state index in [1.165, 1.54) is 11.8 Å². The first-order valence-electron chi connectivity index (χ1n) is 9.53. The Hall–Kier alpha value is -3.04.